The van der Waals surface area contributed by atoms with Crippen molar-refractivity contribution in [2.75, 3.05) is 20.0 Å². The van der Waals surface area contributed by atoms with E-state index in [2.05, 4.69) is 0 Å². The molecule has 98 valence electrons. The number of benzene rings is 2. The van der Waals surface area contributed by atoms with E-state index in [9.17, 15) is 4.79 Å². The minimum absolute atomic E-state index is 0.0825. The van der Waals surface area contributed by atoms with Crippen molar-refractivity contribution in [3.63, 3.8) is 0 Å². The number of methoxy groups -OCH3 is 2. The summed E-state index contributed by atoms with van der Waals surface area (Å²) in [6.07, 6.45) is 0. The van der Waals surface area contributed by atoms with Crippen molar-refractivity contribution >= 4 is 11.5 Å². The maximum atomic E-state index is 12.3. The van der Waals surface area contributed by atoms with E-state index in [1.165, 1.54) is 7.11 Å². The zero-order valence-electron chi connectivity index (χ0n) is 10.8. The first-order valence-electron chi connectivity index (χ1n) is 5.78. The largest absolute Gasteiger partial charge is 0.493 e. The second-order valence-electron chi connectivity index (χ2n) is 4.02. The predicted octanol–water partition coefficient (Wildman–Crippen LogP) is 2.52. The normalized spacial score (nSPS) is 10.0. The molecule has 2 N–H and O–H groups in total. The van der Waals surface area contributed by atoms with Crippen LogP contribution >= 0.6 is 0 Å². The topological polar surface area (TPSA) is 61.5 Å². The first-order valence-corrected chi connectivity index (χ1v) is 5.78. The molecular weight excluding hydrogens is 242 g/mol. The minimum atomic E-state index is -0.0825. The van der Waals surface area contributed by atoms with Gasteiger partial charge in [0.15, 0.2) is 17.3 Å². The third-order valence-corrected chi connectivity index (χ3v) is 2.82. The van der Waals surface area contributed by atoms with E-state index < -0.39 is 0 Å². The van der Waals surface area contributed by atoms with Crippen LogP contribution in [-0.4, -0.2) is 20.0 Å². The van der Waals surface area contributed by atoms with Crippen LogP contribution in [0.5, 0.6) is 11.5 Å². The van der Waals surface area contributed by atoms with Crippen molar-refractivity contribution in [2.24, 2.45) is 0 Å². The van der Waals surface area contributed by atoms with Gasteiger partial charge in [-0.05, 0) is 42.5 Å². The lowest BCUT2D eigenvalue weighted by Gasteiger charge is -2.09. The molecule has 0 radical (unpaired) electrons. The molecule has 0 aromatic heterocycles. The molecule has 0 bridgehead atoms. The predicted molar refractivity (Wildman–Crippen MR) is 73.8 cm³/mol. The average Bonchev–Trinajstić information content (AvgIpc) is 2.46. The van der Waals surface area contributed by atoms with Gasteiger partial charge in [-0.1, -0.05) is 0 Å². The minimum Gasteiger partial charge on any atom is -0.493 e. The molecule has 0 heterocycles. The fourth-order valence-corrected chi connectivity index (χ4v) is 1.78. The van der Waals surface area contributed by atoms with Gasteiger partial charge in [-0.3, -0.25) is 4.79 Å². The summed E-state index contributed by atoms with van der Waals surface area (Å²) in [5.74, 6) is 1.04. The summed E-state index contributed by atoms with van der Waals surface area (Å²) < 4.78 is 10.3. The highest BCUT2D eigenvalue weighted by Gasteiger charge is 2.12. The number of nitrogens with two attached hydrogens (primary N) is 1. The van der Waals surface area contributed by atoms with Crippen LogP contribution in [0.3, 0.4) is 0 Å². The Labute approximate surface area is 111 Å². The van der Waals surface area contributed by atoms with Gasteiger partial charge in [-0.15, -0.1) is 0 Å². The highest BCUT2D eigenvalue weighted by atomic mass is 16.5. The van der Waals surface area contributed by atoms with Crippen LogP contribution in [0.2, 0.25) is 0 Å². The van der Waals surface area contributed by atoms with Crippen molar-refractivity contribution in [1.29, 1.82) is 0 Å². The number of ether oxygens (including phenoxy) is 2. The van der Waals surface area contributed by atoms with Gasteiger partial charge >= 0.3 is 0 Å². The SMILES string of the molecule is COc1ccc(C(=O)c2ccc(N)cc2)cc1OC. The lowest BCUT2D eigenvalue weighted by Crippen LogP contribution is -2.02. The van der Waals surface area contributed by atoms with E-state index in [1.54, 1.807) is 49.6 Å². The first kappa shape index (κ1) is 13.0. The molecule has 2 aromatic carbocycles. The van der Waals surface area contributed by atoms with E-state index in [4.69, 9.17) is 15.2 Å². The fraction of sp³-hybridized carbons (Fsp3) is 0.133. The molecule has 0 aliphatic rings. The van der Waals surface area contributed by atoms with Crippen LogP contribution < -0.4 is 15.2 Å². The summed E-state index contributed by atoms with van der Waals surface area (Å²) in [4.78, 5) is 12.3. The molecular formula is C15H15NO3. The molecule has 0 saturated carbocycles. The number of carbonyl (C=O) groups is 1. The van der Waals surface area contributed by atoms with E-state index in [-0.39, 0.29) is 5.78 Å². The third-order valence-electron chi connectivity index (χ3n) is 2.82. The second kappa shape index (κ2) is 5.44. The number of hydrogen-bond donors (Lipinski definition) is 1. The molecule has 19 heavy (non-hydrogen) atoms. The molecule has 0 unspecified atom stereocenters. The zero-order valence-corrected chi connectivity index (χ0v) is 10.8. The molecule has 0 amide bonds. The fourth-order valence-electron chi connectivity index (χ4n) is 1.78. The number of rotatable bonds is 4. The van der Waals surface area contributed by atoms with Crippen LogP contribution in [0.25, 0.3) is 0 Å². The number of hydrogen-bond acceptors (Lipinski definition) is 4. The van der Waals surface area contributed by atoms with Crippen molar-refractivity contribution in [3.05, 3.63) is 53.6 Å². The average molecular weight is 257 g/mol. The first-order chi connectivity index (χ1) is 9.15. The second-order valence-corrected chi connectivity index (χ2v) is 4.02. The van der Waals surface area contributed by atoms with Gasteiger partial charge in [-0.2, -0.15) is 0 Å². The van der Waals surface area contributed by atoms with Gasteiger partial charge in [0, 0.05) is 16.8 Å². The van der Waals surface area contributed by atoms with E-state index in [0.717, 1.165) is 0 Å². The van der Waals surface area contributed by atoms with Crippen molar-refractivity contribution < 1.29 is 14.3 Å². The molecule has 0 atom stereocenters. The maximum Gasteiger partial charge on any atom is 0.193 e. The molecule has 0 spiro atoms. The standard InChI is InChI=1S/C15H15NO3/c1-18-13-8-5-11(9-14(13)19-2)15(17)10-3-6-12(16)7-4-10/h3-9H,16H2,1-2H3. The highest BCUT2D eigenvalue weighted by Crippen LogP contribution is 2.28. The van der Waals surface area contributed by atoms with Crippen LogP contribution in [0, 0.1) is 0 Å². The monoisotopic (exact) mass is 257 g/mol. The molecule has 2 aromatic rings. The van der Waals surface area contributed by atoms with Crippen LogP contribution in [0.4, 0.5) is 5.69 Å². The van der Waals surface area contributed by atoms with E-state index >= 15 is 0 Å². The Morgan fingerprint density at radius 2 is 1.47 bits per heavy atom. The van der Waals surface area contributed by atoms with Crippen LogP contribution in [0.15, 0.2) is 42.5 Å². The Morgan fingerprint density at radius 1 is 0.895 bits per heavy atom. The molecule has 0 saturated heterocycles. The number of ketones is 1. The Bertz CT molecular complexity index is 591. The molecule has 0 aliphatic carbocycles. The molecule has 2 rings (SSSR count). The lowest BCUT2D eigenvalue weighted by atomic mass is 10.0. The Morgan fingerprint density at radius 3 is 2.05 bits per heavy atom. The maximum absolute atomic E-state index is 12.3. The summed E-state index contributed by atoms with van der Waals surface area (Å²) in [5, 5.41) is 0. The Hall–Kier alpha value is -2.49. The highest BCUT2D eigenvalue weighted by molar-refractivity contribution is 6.09. The number of carbonyl (C=O) groups excluding carboxylic acids is 1. The summed E-state index contributed by atoms with van der Waals surface area (Å²) in [7, 11) is 3.09. The molecule has 0 fully saturated rings. The van der Waals surface area contributed by atoms with E-state index in [0.29, 0.717) is 28.3 Å². The number of anilines is 1. The summed E-state index contributed by atoms with van der Waals surface area (Å²) in [6, 6.07) is 11.9. The van der Waals surface area contributed by atoms with Crippen molar-refractivity contribution in [2.45, 2.75) is 0 Å². The Balaban J connectivity index is 2.36. The number of nitrogen functional groups attached to an aromatic ring is 1. The van der Waals surface area contributed by atoms with Gasteiger partial charge in [0.05, 0.1) is 14.2 Å². The van der Waals surface area contributed by atoms with Crippen molar-refractivity contribution in [3.8, 4) is 11.5 Å². The molecule has 4 heteroatoms. The van der Waals surface area contributed by atoms with Gasteiger partial charge in [0.1, 0.15) is 0 Å². The van der Waals surface area contributed by atoms with Gasteiger partial charge in [-0.25, -0.2) is 0 Å². The summed E-state index contributed by atoms with van der Waals surface area (Å²) >= 11 is 0. The van der Waals surface area contributed by atoms with Crippen LogP contribution in [0.1, 0.15) is 15.9 Å². The lowest BCUT2D eigenvalue weighted by molar-refractivity contribution is 0.103. The van der Waals surface area contributed by atoms with Gasteiger partial charge in [0.2, 0.25) is 0 Å². The quantitative estimate of drug-likeness (QED) is 0.675. The van der Waals surface area contributed by atoms with Gasteiger partial charge in [0.25, 0.3) is 0 Å². The third kappa shape index (κ3) is 2.68. The smallest absolute Gasteiger partial charge is 0.193 e. The van der Waals surface area contributed by atoms with E-state index in [1.807, 2.05) is 0 Å². The summed E-state index contributed by atoms with van der Waals surface area (Å²) in [6.45, 7) is 0. The zero-order chi connectivity index (χ0) is 13.8. The molecule has 0 aliphatic heterocycles. The van der Waals surface area contributed by atoms with Gasteiger partial charge < -0.3 is 15.2 Å². The molecule has 4 nitrogen and oxygen atoms in total. The van der Waals surface area contributed by atoms with Crippen LogP contribution in [-0.2, 0) is 0 Å². The Kier molecular flexibility index (Phi) is 3.71. The van der Waals surface area contributed by atoms with Crippen molar-refractivity contribution in [1.82, 2.24) is 0 Å². The summed E-state index contributed by atoms with van der Waals surface area (Å²) in [5.41, 5.74) is 7.36.